The number of carbonyl (C=O) groups excluding carboxylic acids is 1. The van der Waals surface area contributed by atoms with E-state index in [1.54, 1.807) is 0 Å². The zero-order valence-corrected chi connectivity index (χ0v) is 12.4. The van der Waals surface area contributed by atoms with Crippen LogP contribution in [0.15, 0.2) is 0 Å². The van der Waals surface area contributed by atoms with E-state index in [1.807, 2.05) is 6.92 Å². The van der Waals surface area contributed by atoms with Crippen LogP contribution in [0.3, 0.4) is 0 Å². The fourth-order valence-corrected chi connectivity index (χ4v) is 2.99. The number of hydrogen-bond donors (Lipinski definition) is 1. The van der Waals surface area contributed by atoms with Crippen molar-refractivity contribution in [2.45, 2.75) is 57.5 Å². The van der Waals surface area contributed by atoms with Crippen LogP contribution in [0, 0.1) is 5.92 Å². The molecule has 0 heterocycles. The van der Waals surface area contributed by atoms with E-state index < -0.39 is 0 Å². The highest BCUT2D eigenvalue weighted by Crippen LogP contribution is 2.26. The van der Waals surface area contributed by atoms with Crippen LogP contribution in [0.25, 0.3) is 0 Å². The Hall–Kier alpha value is -0.610. The minimum atomic E-state index is 0.00379. The Labute approximate surface area is 116 Å². The van der Waals surface area contributed by atoms with E-state index in [0.717, 1.165) is 38.4 Å². The number of hydrogen-bond acceptors (Lipinski definition) is 4. The Bertz CT molecular complexity index is 292. The first-order valence-corrected chi connectivity index (χ1v) is 7.81. The molecule has 0 aromatic rings. The summed E-state index contributed by atoms with van der Waals surface area (Å²) in [5.74, 6) is 0.122. The van der Waals surface area contributed by atoms with Crippen LogP contribution in [0.5, 0.6) is 0 Å². The lowest BCUT2D eigenvalue weighted by atomic mass is 9.86. The molecule has 0 bridgehead atoms. The first-order valence-electron chi connectivity index (χ1n) is 7.81. The molecular formula is C15H28N2O2. The summed E-state index contributed by atoms with van der Waals surface area (Å²) < 4.78 is 5.14. The molecular weight excluding hydrogens is 240 g/mol. The summed E-state index contributed by atoms with van der Waals surface area (Å²) in [6, 6.07) is 1.33. The maximum atomic E-state index is 11.8. The topological polar surface area (TPSA) is 41.6 Å². The molecule has 0 amide bonds. The van der Waals surface area contributed by atoms with Gasteiger partial charge in [0.05, 0.1) is 12.5 Å². The first-order chi connectivity index (χ1) is 9.20. The summed E-state index contributed by atoms with van der Waals surface area (Å²) in [4.78, 5) is 14.2. The van der Waals surface area contributed by atoms with Crippen LogP contribution >= 0.6 is 0 Å². The lowest BCUT2D eigenvalue weighted by Gasteiger charge is -2.29. The average Bonchev–Trinajstić information content (AvgIpc) is 3.23. The molecule has 2 atom stereocenters. The molecule has 4 heteroatoms. The van der Waals surface area contributed by atoms with Gasteiger partial charge in [0.1, 0.15) is 0 Å². The summed E-state index contributed by atoms with van der Waals surface area (Å²) >= 11 is 0. The summed E-state index contributed by atoms with van der Waals surface area (Å²) in [5, 5.41) is 3.61. The monoisotopic (exact) mass is 268 g/mol. The van der Waals surface area contributed by atoms with Crippen molar-refractivity contribution in [2.24, 2.45) is 5.92 Å². The summed E-state index contributed by atoms with van der Waals surface area (Å²) in [5.41, 5.74) is 0. The number of ether oxygens (including phenoxy) is 1. The highest BCUT2D eigenvalue weighted by atomic mass is 16.5. The molecule has 0 spiro atoms. The second-order valence-corrected chi connectivity index (χ2v) is 5.98. The zero-order chi connectivity index (χ0) is 13.7. The lowest BCUT2D eigenvalue weighted by molar-refractivity contribution is -0.149. The van der Waals surface area contributed by atoms with Gasteiger partial charge in [-0.05, 0) is 46.1 Å². The van der Waals surface area contributed by atoms with Gasteiger partial charge in [0, 0.05) is 25.2 Å². The molecule has 2 saturated carbocycles. The lowest BCUT2D eigenvalue weighted by Crippen LogP contribution is -2.40. The second kappa shape index (κ2) is 7.25. The van der Waals surface area contributed by atoms with Gasteiger partial charge in [-0.3, -0.25) is 4.79 Å². The van der Waals surface area contributed by atoms with Crippen molar-refractivity contribution in [3.8, 4) is 0 Å². The van der Waals surface area contributed by atoms with Gasteiger partial charge >= 0.3 is 5.97 Å². The Morgan fingerprint density at radius 2 is 2.11 bits per heavy atom. The molecule has 19 heavy (non-hydrogen) atoms. The van der Waals surface area contributed by atoms with Crippen molar-refractivity contribution >= 4 is 5.97 Å². The van der Waals surface area contributed by atoms with E-state index in [-0.39, 0.29) is 11.9 Å². The normalized spacial score (nSPS) is 27.5. The quantitative estimate of drug-likeness (QED) is 0.715. The summed E-state index contributed by atoms with van der Waals surface area (Å²) in [6.07, 6.45) is 7.02. The minimum absolute atomic E-state index is 0.00379. The van der Waals surface area contributed by atoms with E-state index in [4.69, 9.17) is 4.74 Å². The molecule has 0 aliphatic heterocycles. The van der Waals surface area contributed by atoms with Crippen LogP contribution in [-0.2, 0) is 9.53 Å². The molecule has 2 aliphatic carbocycles. The van der Waals surface area contributed by atoms with Gasteiger partial charge in [-0.25, -0.2) is 0 Å². The van der Waals surface area contributed by atoms with Crippen molar-refractivity contribution in [1.82, 2.24) is 10.2 Å². The van der Waals surface area contributed by atoms with Gasteiger partial charge in [0.25, 0.3) is 0 Å². The van der Waals surface area contributed by atoms with Crippen LogP contribution in [0.1, 0.15) is 45.4 Å². The van der Waals surface area contributed by atoms with Gasteiger partial charge < -0.3 is 15.0 Å². The molecule has 2 aliphatic rings. The standard InChI is InChI=1S/C15H28N2O2/c1-3-19-15(18)12-5-4-6-13(11-12)16-9-10-17(2)14-7-8-14/h12-14,16H,3-11H2,1-2H3. The first kappa shape index (κ1) is 14.8. The molecule has 110 valence electrons. The van der Waals surface area contributed by atoms with Crippen LogP contribution < -0.4 is 5.32 Å². The van der Waals surface area contributed by atoms with Crippen molar-refractivity contribution in [1.29, 1.82) is 0 Å². The highest BCUT2D eigenvalue weighted by Gasteiger charge is 2.28. The Kier molecular flexibility index (Phi) is 5.64. The molecule has 2 rings (SSSR count). The summed E-state index contributed by atoms with van der Waals surface area (Å²) in [7, 11) is 2.21. The van der Waals surface area contributed by atoms with Crippen LogP contribution in [0.2, 0.25) is 0 Å². The molecule has 0 aromatic carbocycles. The number of likely N-dealkylation sites (N-methyl/N-ethyl adjacent to an activating group) is 1. The SMILES string of the molecule is CCOC(=O)C1CCCC(NCCN(C)C2CC2)C1. The Balaban J connectivity index is 1.64. The number of nitrogens with zero attached hydrogens (tertiary/aromatic N) is 1. The zero-order valence-electron chi connectivity index (χ0n) is 12.4. The van der Waals surface area contributed by atoms with Gasteiger partial charge in [-0.2, -0.15) is 0 Å². The number of carbonyl (C=O) groups is 1. The molecule has 2 fully saturated rings. The van der Waals surface area contributed by atoms with Crippen molar-refractivity contribution in [3.05, 3.63) is 0 Å². The second-order valence-electron chi connectivity index (χ2n) is 5.98. The van der Waals surface area contributed by atoms with E-state index in [2.05, 4.69) is 17.3 Å². The van der Waals surface area contributed by atoms with Crippen molar-refractivity contribution in [3.63, 3.8) is 0 Å². The minimum Gasteiger partial charge on any atom is -0.466 e. The molecule has 0 aromatic heterocycles. The number of rotatable bonds is 7. The van der Waals surface area contributed by atoms with Crippen LogP contribution in [-0.4, -0.2) is 49.7 Å². The van der Waals surface area contributed by atoms with E-state index in [9.17, 15) is 4.79 Å². The Morgan fingerprint density at radius 3 is 2.79 bits per heavy atom. The third kappa shape index (κ3) is 4.77. The molecule has 1 N–H and O–H groups in total. The van der Waals surface area contributed by atoms with Crippen molar-refractivity contribution in [2.75, 3.05) is 26.7 Å². The molecule has 2 unspecified atom stereocenters. The number of nitrogens with one attached hydrogen (secondary N) is 1. The van der Waals surface area contributed by atoms with Gasteiger partial charge in [0.15, 0.2) is 0 Å². The fourth-order valence-electron chi connectivity index (χ4n) is 2.99. The molecule has 0 saturated heterocycles. The largest absolute Gasteiger partial charge is 0.466 e. The summed E-state index contributed by atoms with van der Waals surface area (Å²) in [6.45, 7) is 4.53. The number of esters is 1. The predicted molar refractivity (Wildman–Crippen MR) is 76.0 cm³/mol. The maximum Gasteiger partial charge on any atom is 0.308 e. The maximum absolute atomic E-state index is 11.8. The fraction of sp³-hybridized carbons (Fsp3) is 0.933. The smallest absolute Gasteiger partial charge is 0.308 e. The third-order valence-corrected chi connectivity index (χ3v) is 4.36. The van der Waals surface area contributed by atoms with Gasteiger partial charge in [0.2, 0.25) is 0 Å². The molecule has 4 nitrogen and oxygen atoms in total. The van der Waals surface area contributed by atoms with E-state index >= 15 is 0 Å². The predicted octanol–water partition coefficient (Wildman–Crippen LogP) is 1.79. The Morgan fingerprint density at radius 1 is 1.32 bits per heavy atom. The van der Waals surface area contributed by atoms with E-state index in [0.29, 0.717) is 12.6 Å². The molecule has 0 radical (unpaired) electrons. The van der Waals surface area contributed by atoms with Gasteiger partial charge in [-0.1, -0.05) is 6.42 Å². The third-order valence-electron chi connectivity index (χ3n) is 4.36. The highest BCUT2D eigenvalue weighted by molar-refractivity contribution is 5.72. The average molecular weight is 268 g/mol. The van der Waals surface area contributed by atoms with E-state index in [1.165, 1.54) is 19.3 Å². The van der Waals surface area contributed by atoms with Gasteiger partial charge in [-0.15, -0.1) is 0 Å². The van der Waals surface area contributed by atoms with Crippen molar-refractivity contribution < 1.29 is 9.53 Å². The van der Waals surface area contributed by atoms with Crippen LogP contribution in [0.4, 0.5) is 0 Å².